The molecule has 23 heavy (non-hydrogen) atoms. The van der Waals surface area contributed by atoms with E-state index in [-0.39, 0.29) is 35.9 Å². The molecule has 0 amide bonds. The van der Waals surface area contributed by atoms with E-state index in [9.17, 15) is 4.79 Å². The van der Waals surface area contributed by atoms with Crippen molar-refractivity contribution in [3.8, 4) is 0 Å². The van der Waals surface area contributed by atoms with Crippen LogP contribution in [0.3, 0.4) is 0 Å². The monoisotopic (exact) mass is 456 g/mol. The fourth-order valence-corrected chi connectivity index (χ4v) is 4.94. The Balaban J connectivity index is 1.71. The van der Waals surface area contributed by atoms with Gasteiger partial charge in [0.25, 0.3) is 6.47 Å². The lowest BCUT2D eigenvalue weighted by molar-refractivity contribution is -0.250. The highest BCUT2D eigenvalue weighted by atomic mass is 127. The number of rotatable bonds is 8. The predicted molar refractivity (Wildman–Crippen MR) is 93.6 cm³/mol. The molecule has 130 valence electrons. The number of fused-ring (bicyclic) bond motifs is 1. The van der Waals surface area contributed by atoms with Crippen LogP contribution in [0.15, 0.2) is 10.2 Å². The van der Waals surface area contributed by atoms with Gasteiger partial charge < -0.3 is 18.9 Å². The molecule has 4 bridgehead atoms. The maximum Gasteiger partial charge on any atom is 0.293 e. The second-order valence-corrected chi connectivity index (χ2v) is 8.60. The summed E-state index contributed by atoms with van der Waals surface area (Å²) in [6, 6.07) is 0. The molecule has 4 aliphatic heterocycles. The van der Waals surface area contributed by atoms with Crippen LogP contribution in [0.25, 0.3) is 0 Å². The maximum atomic E-state index is 10.8. The zero-order valence-corrected chi connectivity index (χ0v) is 16.0. The summed E-state index contributed by atoms with van der Waals surface area (Å²) >= 11 is 8.58. The van der Waals surface area contributed by atoms with E-state index in [0.717, 1.165) is 22.8 Å². The smallest absolute Gasteiger partial charge is 0.293 e. The van der Waals surface area contributed by atoms with Gasteiger partial charge in [-0.3, -0.25) is 4.79 Å². The normalized spacial score (nSPS) is 42.5. The average Bonchev–Trinajstić information content (AvgIpc) is 2.87. The van der Waals surface area contributed by atoms with E-state index in [2.05, 4.69) is 29.2 Å². The SMILES string of the molecule is C=C(I)CC(Cl)CC[C@@]12C[C@H]3OC(C(CC)O1)C(OC=O)C3O2. The summed E-state index contributed by atoms with van der Waals surface area (Å²) in [7, 11) is 0. The molecule has 0 radical (unpaired) electrons. The molecule has 4 fully saturated rings. The lowest BCUT2D eigenvalue weighted by atomic mass is 9.97. The lowest BCUT2D eigenvalue weighted by Gasteiger charge is -2.31. The van der Waals surface area contributed by atoms with Crippen LogP contribution in [0.4, 0.5) is 0 Å². The van der Waals surface area contributed by atoms with Gasteiger partial charge in [-0.15, -0.1) is 11.6 Å². The van der Waals surface area contributed by atoms with Crippen LogP contribution >= 0.6 is 34.2 Å². The fourth-order valence-electron chi connectivity index (χ4n) is 3.86. The first-order valence-electron chi connectivity index (χ1n) is 8.05. The summed E-state index contributed by atoms with van der Waals surface area (Å²) in [5.41, 5.74) is 0. The second kappa shape index (κ2) is 7.15. The van der Waals surface area contributed by atoms with Crippen molar-refractivity contribution in [3.63, 3.8) is 0 Å². The molecule has 0 aromatic carbocycles. The molecule has 0 saturated carbocycles. The largest absolute Gasteiger partial charge is 0.459 e. The number of carbonyl (C=O) groups excluding carboxylic acids is 1. The van der Waals surface area contributed by atoms with Gasteiger partial charge in [-0.05, 0) is 45.4 Å². The van der Waals surface area contributed by atoms with Crippen molar-refractivity contribution in [2.45, 2.75) is 80.7 Å². The Kier molecular flexibility index (Phi) is 5.57. The number of ether oxygens (including phenoxy) is 4. The van der Waals surface area contributed by atoms with E-state index in [1.807, 2.05) is 6.92 Å². The molecule has 4 heterocycles. The number of hydrogen-bond donors (Lipinski definition) is 0. The van der Waals surface area contributed by atoms with E-state index in [1.54, 1.807) is 0 Å². The number of alkyl halides is 1. The van der Waals surface area contributed by atoms with Crippen molar-refractivity contribution in [2.24, 2.45) is 0 Å². The molecule has 0 aromatic rings. The zero-order chi connectivity index (χ0) is 16.6. The van der Waals surface area contributed by atoms with Gasteiger partial charge in [0.05, 0.1) is 12.2 Å². The first-order valence-corrected chi connectivity index (χ1v) is 9.57. The molecule has 0 N–H and O–H groups in total. The minimum atomic E-state index is -0.675. The van der Waals surface area contributed by atoms with Crippen LogP contribution in [0, 0.1) is 0 Å². The van der Waals surface area contributed by atoms with Crippen molar-refractivity contribution in [1.82, 2.24) is 0 Å². The van der Waals surface area contributed by atoms with Crippen LogP contribution in [-0.4, -0.2) is 48.2 Å². The quantitative estimate of drug-likeness (QED) is 0.319. The molecule has 0 aromatic heterocycles. The highest BCUT2D eigenvalue weighted by Gasteiger charge is 2.64. The Morgan fingerprint density at radius 3 is 2.96 bits per heavy atom. The van der Waals surface area contributed by atoms with Crippen LogP contribution < -0.4 is 0 Å². The van der Waals surface area contributed by atoms with Crippen molar-refractivity contribution in [3.05, 3.63) is 10.2 Å². The molecular weight excluding hydrogens is 435 g/mol. The lowest BCUT2D eigenvalue weighted by Crippen LogP contribution is -2.41. The first-order chi connectivity index (χ1) is 11.0. The van der Waals surface area contributed by atoms with E-state index < -0.39 is 5.79 Å². The summed E-state index contributed by atoms with van der Waals surface area (Å²) in [5, 5.41) is 0.0151. The maximum absolute atomic E-state index is 10.8. The summed E-state index contributed by atoms with van der Waals surface area (Å²) in [4.78, 5) is 10.8. The van der Waals surface area contributed by atoms with Crippen molar-refractivity contribution >= 4 is 40.7 Å². The van der Waals surface area contributed by atoms with Gasteiger partial charge in [0.2, 0.25) is 0 Å². The Hall–Kier alpha value is 0.110. The number of carbonyl (C=O) groups is 1. The molecule has 4 aliphatic rings. The van der Waals surface area contributed by atoms with Gasteiger partial charge in [-0.1, -0.05) is 13.5 Å². The van der Waals surface area contributed by atoms with Crippen LogP contribution in [0.5, 0.6) is 0 Å². The molecule has 5 nitrogen and oxygen atoms in total. The Morgan fingerprint density at radius 1 is 1.52 bits per heavy atom. The number of halogens is 2. The molecule has 4 saturated heterocycles. The topological polar surface area (TPSA) is 54.0 Å². The minimum absolute atomic E-state index is 0.0151. The number of allylic oxidation sites excluding steroid dienone is 1. The fraction of sp³-hybridized carbons (Fsp3) is 0.812. The second-order valence-electron chi connectivity index (χ2n) is 6.46. The Bertz CT molecular complexity index is 475. The molecule has 4 rings (SSSR count). The summed E-state index contributed by atoms with van der Waals surface area (Å²) < 4.78 is 24.9. The van der Waals surface area contributed by atoms with Crippen LogP contribution in [0.2, 0.25) is 0 Å². The van der Waals surface area contributed by atoms with E-state index >= 15 is 0 Å². The van der Waals surface area contributed by atoms with E-state index in [0.29, 0.717) is 19.3 Å². The molecule has 0 spiro atoms. The standard InChI is InChI=1S/C16H22ClIO5/c1-3-11-13-15(20-8-19)14-12(21-13)7-16(22-11,23-14)5-4-10(17)6-9(2)18/h8,10-15H,2-7H2,1H3/t10?,11?,12-,13?,14?,15?,16-/m1/s1. The highest BCUT2D eigenvalue weighted by molar-refractivity contribution is 14.1. The van der Waals surface area contributed by atoms with Gasteiger partial charge in [0.1, 0.15) is 12.2 Å². The molecule has 7 heteroatoms. The molecule has 5 unspecified atom stereocenters. The first kappa shape index (κ1) is 17.9. The van der Waals surface area contributed by atoms with Gasteiger partial charge in [0.15, 0.2) is 11.9 Å². The van der Waals surface area contributed by atoms with Crippen molar-refractivity contribution < 1.29 is 23.7 Å². The van der Waals surface area contributed by atoms with Crippen LogP contribution in [0.1, 0.15) is 39.0 Å². The third-order valence-corrected chi connectivity index (χ3v) is 5.65. The summed E-state index contributed by atoms with van der Waals surface area (Å²) in [6.45, 7) is 6.41. The highest BCUT2D eigenvalue weighted by Crippen LogP contribution is 2.50. The van der Waals surface area contributed by atoms with Crippen molar-refractivity contribution in [2.75, 3.05) is 0 Å². The predicted octanol–water partition coefficient (Wildman–Crippen LogP) is 3.32. The third kappa shape index (κ3) is 3.56. The summed E-state index contributed by atoms with van der Waals surface area (Å²) in [5.74, 6) is -0.675. The third-order valence-electron chi connectivity index (χ3n) is 4.84. The average molecular weight is 457 g/mol. The van der Waals surface area contributed by atoms with Gasteiger partial charge in [-0.2, -0.15) is 0 Å². The Labute approximate surface area is 155 Å². The summed E-state index contributed by atoms with van der Waals surface area (Å²) in [6.07, 6.45) is 2.63. The van der Waals surface area contributed by atoms with Gasteiger partial charge >= 0.3 is 0 Å². The molecule has 7 atom stereocenters. The van der Waals surface area contributed by atoms with Gasteiger partial charge in [0, 0.05) is 18.2 Å². The van der Waals surface area contributed by atoms with Crippen molar-refractivity contribution in [1.29, 1.82) is 0 Å². The minimum Gasteiger partial charge on any atom is -0.459 e. The van der Waals surface area contributed by atoms with E-state index in [1.165, 1.54) is 0 Å². The van der Waals surface area contributed by atoms with Crippen LogP contribution in [-0.2, 0) is 23.7 Å². The molecular formula is C16H22ClIO5. The Morgan fingerprint density at radius 2 is 2.30 bits per heavy atom. The molecule has 0 aliphatic carbocycles. The number of hydrogen-bond acceptors (Lipinski definition) is 5. The van der Waals surface area contributed by atoms with Gasteiger partial charge in [-0.25, -0.2) is 0 Å². The zero-order valence-electron chi connectivity index (χ0n) is 13.1. The van der Waals surface area contributed by atoms with E-state index in [4.69, 9.17) is 30.5 Å².